The average Bonchev–Trinajstić information content (AvgIpc) is 2.31. The fourth-order valence-electron chi connectivity index (χ4n) is 2.02. The summed E-state index contributed by atoms with van der Waals surface area (Å²) in [7, 11) is -1.76. The van der Waals surface area contributed by atoms with E-state index in [1.54, 1.807) is 18.3 Å². The Kier molecular flexibility index (Phi) is 3.67. The van der Waals surface area contributed by atoms with Crippen molar-refractivity contribution in [3.8, 4) is 11.5 Å². The highest BCUT2D eigenvalue weighted by Gasteiger charge is 2.25. The van der Waals surface area contributed by atoms with Crippen molar-refractivity contribution in [3.63, 3.8) is 0 Å². The minimum atomic E-state index is -1.76. The van der Waals surface area contributed by atoms with Crippen molar-refractivity contribution in [2.75, 3.05) is 11.5 Å². The number of anilines is 2. The number of rotatable bonds is 3. The first kappa shape index (κ1) is 14.3. The van der Waals surface area contributed by atoms with E-state index in [0.29, 0.717) is 17.3 Å². The number of benzene rings is 1. The Morgan fingerprint density at radius 1 is 1.10 bits per heavy atom. The number of hydrogen-bond donors (Lipinski definition) is 2. The molecule has 0 amide bonds. The Balaban J connectivity index is 2.46. The summed E-state index contributed by atoms with van der Waals surface area (Å²) in [5.74, 6) is 0.629. The Labute approximate surface area is 118 Å². The third-order valence-electron chi connectivity index (χ3n) is 2.87. The van der Waals surface area contributed by atoms with Crippen molar-refractivity contribution in [3.05, 3.63) is 36.3 Å². The van der Waals surface area contributed by atoms with Gasteiger partial charge in [0.2, 0.25) is 0 Å². The summed E-state index contributed by atoms with van der Waals surface area (Å²) in [4.78, 5) is 4.10. The van der Waals surface area contributed by atoms with Crippen LogP contribution in [0.25, 0.3) is 0 Å². The number of nitrogen functional groups attached to an aromatic ring is 2. The van der Waals surface area contributed by atoms with E-state index in [1.807, 2.05) is 0 Å². The average molecular weight is 291 g/mol. The van der Waals surface area contributed by atoms with Crippen molar-refractivity contribution in [2.24, 2.45) is 0 Å². The summed E-state index contributed by atoms with van der Waals surface area (Å²) in [6, 6.07) is 6.04. The summed E-state index contributed by atoms with van der Waals surface area (Å²) < 4.78 is 19.5. The van der Waals surface area contributed by atoms with E-state index < -0.39 is 13.9 Å². The van der Waals surface area contributed by atoms with Crippen molar-refractivity contribution in [1.29, 1.82) is 0 Å². The van der Waals surface area contributed by atoms with Gasteiger partial charge in [-0.15, -0.1) is 0 Å². The number of halogens is 1. The number of aromatic nitrogens is 1. The van der Waals surface area contributed by atoms with Gasteiger partial charge < -0.3 is 16.2 Å². The van der Waals surface area contributed by atoms with Gasteiger partial charge >= 0.3 is 0 Å². The molecule has 0 aliphatic rings. The molecule has 0 spiro atoms. The maximum atomic E-state index is 13.8. The zero-order chi connectivity index (χ0) is 14.9. The van der Waals surface area contributed by atoms with Gasteiger partial charge in [-0.3, -0.25) is 0 Å². The standard InChI is InChI=1S/C14H18FN3OSi/c1-20(2,3)13-12(6-7-18-14(13)17)19-11-5-4-9(16)8-10(11)15/h4-8H,16H2,1-3H3,(H2,17,18). The molecule has 0 aliphatic heterocycles. The van der Waals surface area contributed by atoms with E-state index in [1.165, 1.54) is 12.1 Å². The van der Waals surface area contributed by atoms with Gasteiger partial charge in [-0.25, -0.2) is 9.37 Å². The zero-order valence-corrected chi connectivity index (χ0v) is 12.8. The third-order valence-corrected chi connectivity index (χ3v) is 4.87. The number of hydrogen-bond acceptors (Lipinski definition) is 4. The van der Waals surface area contributed by atoms with Gasteiger partial charge in [0.05, 0.1) is 8.07 Å². The quantitative estimate of drug-likeness (QED) is 0.673. The molecule has 4 N–H and O–H groups in total. The van der Waals surface area contributed by atoms with E-state index >= 15 is 0 Å². The lowest BCUT2D eigenvalue weighted by molar-refractivity contribution is 0.445. The molecule has 106 valence electrons. The van der Waals surface area contributed by atoms with E-state index in [4.69, 9.17) is 16.2 Å². The van der Waals surface area contributed by atoms with E-state index in [0.717, 1.165) is 5.19 Å². The van der Waals surface area contributed by atoms with Crippen LogP contribution in [0, 0.1) is 5.82 Å². The first-order chi connectivity index (χ1) is 9.29. The highest BCUT2D eigenvalue weighted by molar-refractivity contribution is 6.90. The van der Waals surface area contributed by atoms with Crippen molar-refractivity contribution in [2.45, 2.75) is 19.6 Å². The predicted molar refractivity (Wildman–Crippen MR) is 82.5 cm³/mol. The Hall–Kier alpha value is -2.08. The van der Waals surface area contributed by atoms with Crippen LogP contribution in [0.4, 0.5) is 15.9 Å². The van der Waals surface area contributed by atoms with Crippen LogP contribution in [0.1, 0.15) is 0 Å². The molecule has 2 aromatic rings. The number of nitrogens with zero attached hydrogens (tertiary/aromatic N) is 1. The number of nitrogens with two attached hydrogens (primary N) is 2. The van der Waals surface area contributed by atoms with Crippen molar-refractivity contribution < 1.29 is 9.13 Å². The van der Waals surface area contributed by atoms with Gasteiger partial charge in [0.15, 0.2) is 11.6 Å². The first-order valence-corrected chi connectivity index (χ1v) is 9.77. The second-order valence-electron chi connectivity index (χ2n) is 5.61. The molecule has 0 saturated heterocycles. The van der Waals surface area contributed by atoms with Crippen LogP contribution in [0.3, 0.4) is 0 Å². The maximum Gasteiger partial charge on any atom is 0.167 e. The lowest BCUT2D eigenvalue weighted by atomic mass is 10.3. The predicted octanol–water partition coefficient (Wildman–Crippen LogP) is 2.72. The SMILES string of the molecule is C[Si](C)(C)c1c(Oc2ccc(N)cc2F)ccnc1N. The molecule has 4 nitrogen and oxygen atoms in total. The molecular weight excluding hydrogens is 273 g/mol. The molecule has 0 saturated carbocycles. The molecule has 0 atom stereocenters. The van der Waals surface area contributed by atoms with Crippen molar-refractivity contribution in [1.82, 2.24) is 4.98 Å². The molecule has 0 radical (unpaired) electrons. The highest BCUT2D eigenvalue weighted by Crippen LogP contribution is 2.27. The smallest absolute Gasteiger partial charge is 0.167 e. The molecule has 0 bridgehead atoms. The number of pyridine rings is 1. The van der Waals surface area contributed by atoms with Crippen LogP contribution in [-0.2, 0) is 0 Å². The first-order valence-electron chi connectivity index (χ1n) is 6.27. The van der Waals surface area contributed by atoms with Crippen LogP contribution >= 0.6 is 0 Å². The third kappa shape index (κ3) is 2.90. The fourth-order valence-corrected chi connectivity index (χ4v) is 3.72. The lowest BCUT2D eigenvalue weighted by Gasteiger charge is -2.22. The minimum Gasteiger partial charge on any atom is -0.454 e. The second-order valence-corrected chi connectivity index (χ2v) is 10.6. The molecule has 1 heterocycles. The molecule has 0 aliphatic carbocycles. The van der Waals surface area contributed by atoms with Gasteiger partial charge in [-0.05, 0) is 18.2 Å². The Morgan fingerprint density at radius 2 is 1.80 bits per heavy atom. The minimum absolute atomic E-state index is 0.129. The molecule has 0 fully saturated rings. The van der Waals surface area contributed by atoms with E-state index in [9.17, 15) is 4.39 Å². The summed E-state index contributed by atoms with van der Waals surface area (Å²) in [6.07, 6.45) is 1.56. The molecular formula is C14H18FN3OSi. The number of ether oxygens (including phenoxy) is 1. The monoisotopic (exact) mass is 291 g/mol. The topological polar surface area (TPSA) is 74.2 Å². The largest absolute Gasteiger partial charge is 0.454 e. The van der Waals surface area contributed by atoms with Crippen LogP contribution < -0.4 is 21.4 Å². The molecule has 1 aromatic carbocycles. The van der Waals surface area contributed by atoms with Crippen LogP contribution in [0.5, 0.6) is 11.5 Å². The van der Waals surface area contributed by atoms with E-state index in [-0.39, 0.29) is 5.75 Å². The maximum absolute atomic E-state index is 13.8. The van der Waals surface area contributed by atoms with E-state index in [2.05, 4.69) is 24.6 Å². The summed E-state index contributed by atoms with van der Waals surface area (Å²) in [6.45, 7) is 6.39. The lowest BCUT2D eigenvalue weighted by Crippen LogP contribution is -2.40. The second kappa shape index (κ2) is 5.13. The van der Waals surface area contributed by atoms with Gasteiger partial charge in [0.1, 0.15) is 11.6 Å². The normalized spacial score (nSPS) is 11.4. The van der Waals surface area contributed by atoms with Gasteiger partial charge in [0, 0.05) is 23.1 Å². The Bertz CT molecular complexity index is 641. The summed E-state index contributed by atoms with van der Waals surface area (Å²) >= 11 is 0. The van der Waals surface area contributed by atoms with Gasteiger partial charge in [-0.2, -0.15) is 0 Å². The van der Waals surface area contributed by atoms with Crippen LogP contribution in [0.2, 0.25) is 19.6 Å². The van der Waals surface area contributed by atoms with Crippen LogP contribution in [0.15, 0.2) is 30.5 Å². The zero-order valence-electron chi connectivity index (χ0n) is 11.8. The highest BCUT2D eigenvalue weighted by atomic mass is 28.3. The molecule has 1 aromatic heterocycles. The molecule has 6 heteroatoms. The fraction of sp³-hybridized carbons (Fsp3) is 0.214. The molecule has 20 heavy (non-hydrogen) atoms. The molecule has 2 rings (SSSR count). The summed E-state index contributed by atoms with van der Waals surface area (Å²) in [5, 5.41) is 0.885. The van der Waals surface area contributed by atoms with Crippen LogP contribution in [-0.4, -0.2) is 13.1 Å². The van der Waals surface area contributed by atoms with Gasteiger partial charge in [0.25, 0.3) is 0 Å². The van der Waals surface area contributed by atoms with Gasteiger partial charge in [-0.1, -0.05) is 19.6 Å². The molecule has 0 unspecified atom stereocenters. The van der Waals surface area contributed by atoms with Crippen molar-refractivity contribution >= 4 is 24.8 Å². The summed E-state index contributed by atoms with van der Waals surface area (Å²) in [5.41, 5.74) is 11.8. The Morgan fingerprint density at radius 3 is 2.40 bits per heavy atom.